The lowest BCUT2D eigenvalue weighted by Crippen LogP contribution is -2.54. The Labute approximate surface area is 242 Å². The molecule has 2 amide bonds. The molecule has 0 aromatic heterocycles. The zero-order chi connectivity index (χ0) is 29.0. The minimum atomic E-state index is -1.32. The number of esters is 1. The van der Waals surface area contributed by atoms with Crippen LogP contribution in [0, 0.1) is 11.2 Å². The van der Waals surface area contributed by atoms with Gasteiger partial charge in [0.2, 0.25) is 11.8 Å². The molecule has 4 atom stereocenters. The summed E-state index contributed by atoms with van der Waals surface area (Å²) in [5.41, 5.74) is 5.14. The number of carbonyl (C=O) groups is 3. The van der Waals surface area contributed by atoms with Crippen LogP contribution in [0.1, 0.15) is 57.1 Å². The molecule has 11 heteroatoms. The van der Waals surface area contributed by atoms with Crippen LogP contribution in [0.25, 0.3) is 0 Å². The van der Waals surface area contributed by atoms with E-state index >= 15 is 4.39 Å². The van der Waals surface area contributed by atoms with Crippen LogP contribution in [0.3, 0.4) is 0 Å². The summed E-state index contributed by atoms with van der Waals surface area (Å²) in [6.45, 7) is 5.95. The number of hydrogen-bond donors (Lipinski definition) is 4. The van der Waals surface area contributed by atoms with E-state index in [0.717, 1.165) is 0 Å². The molecule has 0 radical (unpaired) electrons. The molecule has 2 aliphatic heterocycles. The van der Waals surface area contributed by atoms with Gasteiger partial charge in [0.15, 0.2) is 0 Å². The third kappa shape index (κ3) is 4.98. The summed E-state index contributed by atoms with van der Waals surface area (Å²) in [6.07, 6.45) is 1.08. The smallest absolute Gasteiger partial charge is 0.319 e. The number of nitrogens with two attached hydrogens (primary N) is 1. The van der Waals surface area contributed by atoms with E-state index in [1.165, 1.54) is 6.07 Å². The molecule has 2 aromatic carbocycles. The van der Waals surface area contributed by atoms with Crippen molar-refractivity contribution in [1.82, 2.24) is 10.6 Å². The van der Waals surface area contributed by atoms with Gasteiger partial charge in [-0.05, 0) is 41.2 Å². The van der Waals surface area contributed by atoms with Crippen LogP contribution < -0.4 is 21.7 Å². The summed E-state index contributed by atoms with van der Waals surface area (Å²) >= 11 is 12.5. The van der Waals surface area contributed by atoms with Crippen molar-refractivity contribution in [2.75, 3.05) is 11.9 Å². The average molecular weight is 592 g/mol. The highest BCUT2D eigenvalue weighted by atomic mass is 35.5. The lowest BCUT2D eigenvalue weighted by molar-refractivity contribution is -0.152. The minimum absolute atomic E-state index is 0.0932. The first-order valence-corrected chi connectivity index (χ1v) is 14.1. The van der Waals surface area contributed by atoms with Gasteiger partial charge in [-0.1, -0.05) is 62.2 Å². The molecular formula is C29H33Cl2FN4O4. The van der Waals surface area contributed by atoms with Crippen molar-refractivity contribution in [2.24, 2.45) is 11.1 Å². The van der Waals surface area contributed by atoms with Gasteiger partial charge in [0.25, 0.3) is 0 Å². The average Bonchev–Trinajstić information content (AvgIpc) is 3.33. The van der Waals surface area contributed by atoms with Crippen LogP contribution in [-0.4, -0.2) is 48.6 Å². The molecule has 2 heterocycles. The van der Waals surface area contributed by atoms with Gasteiger partial charge >= 0.3 is 5.97 Å². The number of hydrogen-bond acceptors (Lipinski definition) is 6. The van der Waals surface area contributed by atoms with E-state index in [2.05, 4.69) is 36.7 Å². The van der Waals surface area contributed by atoms with Crippen molar-refractivity contribution in [3.8, 4) is 0 Å². The molecule has 0 unspecified atom stereocenters. The van der Waals surface area contributed by atoms with E-state index in [1.54, 1.807) is 30.3 Å². The SMILES string of the molecule is CC(C)(C)C[C@H]1N[C@@H](C(=O)NC2CC(OC(=O)CN)C2)[C@H](c2cccc(Cl)c2F)[C@@]12C(=O)Nc1cc(Cl)ccc12. The van der Waals surface area contributed by atoms with E-state index < -0.39 is 35.2 Å². The number of ether oxygens (including phenoxy) is 1. The predicted octanol–water partition coefficient (Wildman–Crippen LogP) is 4.03. The molecule has 2 aromatic rings. The monoisotopic (exact) mass is 590 g/mol. The fraction of sp³-hybridized carbons (Fsp3) is 0.483. The van der Waals surface area contributed by atoms with Crippen molar-refractivity contribution >= 4 is 46.7 Å². The summed E-state index contributed by atoms with van der Waals surface area (Å²) in [5.74, 6) is -2.79. The van der Waals surface area contributed by atoms with Gasteiger partial charge in [-0.25, -0.2) is 4.39 Å². The number of halogens is 3. The largest absolute Gasteiger partial charge is 0.461 e. The van der Waals surface area contributed by atoms with E-state index in [1.807, 2.05) is 0 Å². The van der Waals surface area contributed by atoms with Crippen molar-refractivity contribution in [2.45, 2.75) is 75.6 Å². The summed E-state index contributed by atoms with van der Waals surface area (Å²) in [4.78, 5) is 39.6. The number of carbonyl (C=O) groups excluding carboxylic acids is 3. The number of rotatable bonds is 6. The van der Waals surface area contributed by atoms with Gasteiger partial charge in [-0.2, -0.15) is 0 Å². The van der Waals surface area contributed by atoms with E-state index in [0.29, 0.717) is 35.5 Å². The zero-order valence-corrected chi connectivity index (χ0v) is 24.0. The molecule has 1 aliphatic carbocycles. The maximum Gasteiger partial charge on any atom is 0.319 e. The van der Waals surface area contributed by atoms with Crippen LogP contribution in [0.4, 0.5) is 10.1 Å². The molecule has 5 rings (SSSR count). The normalized spacial score (nSPS) is 29.1. The molecule has 2 fully saturated rings. The molecule has 1 saturated heterocycles. The summed E-state index contributed by atoms with van der Waals surface area (Å²) < 4.78 is 21.0. The number of fused-ring (bicyclic) bond motifs is 2. The Balaban J connectivity index is 1.58. The molecule has 1 spiro atoms. The highest BCUT2D eigenvalue weighted by molar-refractivity contribution is 6.31. The quantitative estimate of drug-likeness (QED) is 0.377. The Morgan fingerprint density at radius 3 is 2.60 bits per heavy atom. The lowest BCUT2D eigenvalue weighted by atomic mass is 9.62. The molecular weight excluding hydrogens is 558 g/mol. The molecule has 214 valence electrons. The number of anilines is 1. The molecule has 5 N–H and O–H groups in total. The van der Waals surface area contributed by atoms with Crippen LogP contribution in [0.15, 0.2) is 36.4 Å². The third-order valence-corrected chi connectivity index (χ3v) is 8.65. The van der Waals surface area contributed by atoms with Crippen molar-refractivity contribution in [3.05, 3.63) is 63.4 Å². The molecule has 0 bridgehead atoms. The van der Waals surface area contributed by atoms with Crippen LogP contribution >= 0.6 is 23.2 Å². The molecule has 1 saturated carbocycles. The van der Waals surface area contributed by atoms with Gasteiger partial charge in [-0.3, -0.25) is 14.4 Å². The van der Waals surface area contributed by atoms with Crippen molar-refractivity contribution < 1.29 is 23.5 Å². The standard InChI is InChI=1S/C29H33Cl2FN4O4/c1-28(2,3)12-21-29(18-8-7-14(30)9-20(18)35-27(29)39)23(17-5-4-6-19(31)24(17)32)25(36-21)26(38)34-15-10-16(11-15)40-22(37)13-33/h4-9,15-16,21,23,25,36H,10-13,33H2,1-3H3,(H,34,38)(H,35,39)/t15?,16?,21-,23+,25-,29+/m1/s1. The van der Waals surface area contributed by atoms with Crippen molar-refractivity contribution in [1.29, 1.82) is 0 Å². The Bertz CT molecular complexity index is 1360. The number of benzene rings is 2. The first kappa shape index (κ1) is 28.8. The Kier molecular flexibility index (Phi) is 7.63. The second-order valence-electron chi connectivity index (χ2n) is 12.1. The Morgan fingerprint density at radius 2 is 1.93 bits per heavy atom. The molecule has 8 nitrogen and oxygen atoms in total. The Hall–Kier alpha value is -2.72. The van der Waals surface area contributed by atoms with Crippen LogP contribution in [0.5, 0.6) is 0 Å². The summed E-state index contributed by atoms with van der Waals surface area (Å²) in [6, 6.07) is 8.09. The maximum absolute atomic E-state index is 15.8. The molecule has 3 aliphatic rings. The Morgan fingerprint density at radius 1 is 1.20 bits per heavy atom. The van der Waals surface area contributed by atoms with Gasteiger partial charge < -0.3 is 26.4 Å². The fourth-order valence-corrected chi connectivity index (χ4v) is 6.81. The highest BCUT2D eigenvalue weighted by Gasteiger charge is 2.66. The number of amides is 2. The third-order valence-electron chi connectivity index (χ3n) is 8.13. The van der Waals surface area contributed by atoms with Gasteiger partial charge in [0.05, 0.1) is 17.6 Å². The van der Waals surface area contributed by atoms with Crippen molar-refractivity contribution in [3.63, 3.8) is 0 Å². The van der Waals surface area contributed by atoms with Gasteiger partial charge in [0, 0.05) is 41.6 Å². The van der Waals surface area contributed by atoms with Crippen LogP contribution in [0.2, 0.25) is 10.0 Å². The first-order chi connectivity index (χ1) is 18.8. The van der Waals surface area contributed by atoms with Gasteiger partial charge in [-0.15, -0.1) is 0 Å². The van der Waals surface area contributed by atoms with E-state index in [9.17, 15) is 14.4 Å². The van der Waals surface area contributed by atoms with E-state index in [-0.39, 0.29) is 46.5 Å². The molecule has 40 heavy (non-hydrogen) atoms. The maximum atomic E-state index is 15.8. The topological polar surface area (TPSA) is 123 Å². The second kappa shape index (κ2) is 10.6. The van der Waals surface area contributed by atoms with E-state index in [4.69, 9.17) is 33.7 Å². The zero-order valence-electron chi connectivity index (χ0n) is 22.5. The fourth-order valence-electron chi connectivity index (χ4n) is 6.46. The minimum Gasteiger partial charge on any atom is -0.461 e. The van der Waals surface area contributed by atoms with Crippen LogP contribution in [-0.2, 0) is 24.5 Å². The highest BCUT2D eigenvalue weighted by Crippen LogP contribution is 2.57. The van der Waals surface area contributed by atoms with Gasteiger partial charge in [0.1, 0.15) is 17.3 Å². The summed E-state index contributed by atoms with van der Waals surface area (Å²) in [7, 11) is 0. The number of nitrogens with one attached hydrogen (secondary N) is 3. The summed E-state index contributed by atoms with van der Waals surface area (Å²) in [5, 5.41) is 9.79. The second-order valence-corrected chi connectivity index (χ2v) is 12.9. The predicted molar refractivity (Wildman–Crippen MR) is 151 cm³/mol. The first-order valence-electron chi connectivity index (χ1n) is 13.4. The lowest BCUT2D eigenvalue weighted by Gasteiger charge is -2.38.